The van der Waals surface area contributed by atoms with Crippen LogP contribution >= 0.6 is 11.6 Å². The average molecular weight is 523 g/mol. The van der Waals surface area contributed by atoms with Crippen LogP contribution in [0.25, 0.3) is 0 Å². The Hall–Kier alpha value is -2.33. The Kier molecular flexibility index (Phi) is 10.2. The second-order valence-corrected chi connectivity index (χ2v) is 11.0. The molecule has 1 fully saturated rings. The van der Waals surface area contributed by atoms with Gasteiger partial charge in [-0.2, -0.15) is 0 Å². The lowest BCUT2D eigenvalue weighted by molar-refractivity contribution is 0.0933. The minimum absolute atomic E-state index is 0.214. The van der Waals surface area contributed by atoms with E-state index in [0.29, 0.717) is 45.9 Å². The third kappa shape index (κ3) is 8.10. The number of halogens is 1. The van der Waals surface area contributed by atoms with Crippen LogP contribution in [0.4, 0.5) is 5.69 Å². The fourth-order valence-corrected chi connectivity index (χ4v) is 5.45. The number of carbonyl (C=O) groups excluding carboxylic acids is 1. The molecule has 0 saturated carbocycles. The number of benzene rings is 2. The molecule has 0 radical (unpaired) electrons. The molecule has 1 saturated heterocycles. The molecule has 2 aromatic carbocycles. The van der Waals surface area contributed by atoms with Crippen LogP contribution in [-0.2, 0) is 10.0 Å². The molecule has 8 nitrogen and oxygen atoms in total. The highest BCUT2D eigenvalue weighted by molar-refractivity contribution is 7.89. The molecular weight excluding hydrogens is 488 g/mol. The van der Waals surface area contributed by atoms with Gasteiger partial charge in [-0.25, -0.2) is 13.1 Å². The van der Waals surface area contributed by atoms with E-state index in [2.05, 4.69) is 14.9 Å². The van der Waals surface area contributed by atoms with Crippen molar-refractivity contribution >= 4 is 33.2 Å². The van der Waals surface area contributed by atoms with Gasteiger partial charge in [0.25, 0.3) is 5.91 Å². The normalized spacial score (nSPS) is 15.1. The fraction of sp³-hybridized carbons (Fsp3) is 0.480. The lowest BCUT2D eigenvalue weighted by Gasteiger charge is -2.32. The summed E-state index contributed by atoms with van der Waals surface area (Å²) in [5, 5.41) is 3.33. The van der Waals surface area contributed by atoms with Crippen molar-refractivity contribution in [3.8, 4) is 5.75 Å². The molecule has 1 aliphatic heterocycles. The molecule has 3 rings (SSSR count). The van der Waals surface area contributed by atoms with Crippen molar-refractivity contribution in [3.05, 3.63) is 53.1 Å². The summed E-state index contributed by atoms with van der Waals surface area (Å²) in [6.07, 6.45) is 4.87. The topological polar surface area (TPSA) is 114 Å². The third-order valence-corrected chi connectivity index (χ3v) is 8.12. The van der Waals surface area contributed by atoms with Crippen molar-refractivity contribution < 1.29 is 17.9 Å². The van der Waals surface area contributed by atoms with Crippen LogP contribution in [0.2, 0.25) is 5.02 Å². The Labute approximate surface area is 213 Å². The van der Waals surface area contributed by atoms with Gasteiger partial charge in [-0.15, -0.1) is 0 Å². The van der Waals surface area contributed by atoms with Crippen molar-refractivity contribution in [3.63, 3.8) is 0 Å². The Bertz CT molecular complexity index is 1070. The fourth-order valence-electron chi connectivity index (χ4n) is 4.19. The number of nitrogen functional groups attached to an aromatic ring is 1. The number of ether oxygens (including phenoxy) is 1. The summed E-state index contributed by atoms with van der Waals surface area (Å²) in [5.74, 6) is 0.624. The molecular formula is C25H35ClN4O4S. The summed E-state index contributed by atoms with van der Waals surface area (Å²) in [5.41, 5.74) is 6.55. The molecule has 35 heavy (non-hydrogen) atoms. The predicted molar refractivity (Wildman–Crippen MR) is 139 cm³/mol. The number of hydrogen-bond acceptors (Lipinski definition) is 6. The average Bonchev–Trinajstić information content (AvgIpc) is 2.87. The van der Waals surface area contributed by atoms with E-state index in [1.54, 1.807) is 42.5 Å². The molecule has 0 aromatic heterocycles. The molecule has 0 bridgehead atoms. The molecule has 0 unspecified atom stereocenters. The molecule has 1 heterocycles. The maximum absolute atomic E-state index is 12.6. The number of nitrogens with one attached hydrogen (secondary N) is 2. The van der Waals surface area contributed by atoms with Gasteiger partial charge < -0.3 is 20.7 Å². The van der Waals surface area contributed by atoms with E-state index in [9.17, 15) is 13.2 Å². The molecule has 0 atom stereocenters. The molecule has 10 heteroatoms. The Balaban J connectivity index is 1.29. The Morgan fingerprint density at radius 2 is 1.86 bits per heavy atom. The molecule has 4 N–H and O–H groups in total. The van der Waals surface area contributed by atoms with Crippen molar-refractivity contribution in [2.24, 2.45) is 5.92 Å². The maximum Gasteiger partial charge on any atom is 0.255 e. The van der Waals surface area contributed by atoms with Gasteiger partial charge in [0.1, 0.15) is 5.75 Å². The first kappa shape index (κ1) is 27.3. The summed E-state index contributed by atoms with van der Waals surface area (Å²) in [6.45, 7) is 4.06. The summed E-state index contributed by atoms with van der Waals surface area (Å²) < 4.78 is 32.4. The molecule has 1 aliphatic rings. The van der Waals surface area contributed by atoms with Crippen LogP contribution in [0, 0.1) is 5.92 Å². The van der Waals surface area contributed by atoms with E-state index in [-0.39, 0.29) is 5.91 Å². The van der Waals surface area contributed by atoms with Crippen LogP contribution in [-0.4, -0.2) is 59.1 Å². The molecule has 1 amide bonds. The van der Waals surface area contributed by atoms with Crippen LogP contribution < -0.4 is 20.5 Å². The number of sulfonamides is 1. The Morgan fingerprint density at radius 1 is 1.14 bits per heavy atom. The molecule has 2 aromatic rings. The zero-order valence-corrected chi connectivity index (χ0v) is 21.7. The highest BCUT2D eigenvalue weighted by Crippen LogP contribution is 2.29. The van der Waals surface area contributed by atoms with Gasteiger partial charge in [0.05, 0.1) is 28.3 Å². The standard InChI is InChI=1S/C25H35ClN4O4S/c1-34-24-17-23(27)22(26)16-21(24)25(31)28-18-19-10-14-30(15-11-19)13-7-3-6-12-29-35(32,33)20-8-4-2-5-9-20/h2,4-5,8-9,16-17,19,29H,3,6-7,10-15,18,27H2,1H3,(H,28,31). The number of unbranched alkanes of at least 4 members (excludes halogenated alkanes) is 2. The number of anilines is 1. The first-order valence-corrected chi connectivity index (χ1v) is 13.8. The lowest BCUT2D eigenvalue weighted by Crippen LogP contribution is -2.39. The summed E-state index contributed by atoms with van der Waals surface area (Å²) in [6, 6.07) is 11.5. The summed E-state index contributed by atoms with van der Waals surface area (Å²) >= 11 is 6.07. The minimum atomic E-state index is -3.42. The highest BCUT2D eigenvalue weighted by atomic mass is 35.5. The van der Waals surface area contributed by atoms with Gasteiger partial charge in [-0.05, 0) is 69.4 Å². The van der Waals surface area contributed by atoms with Crippen molar-refractivity contribution in [2.45, 2.75) is 37.0 Å². The SMILES string of the molecule is COc1cc(N)c(Cl)cc1C(=O)NCC1CCN(CCCCCNS(=O)(=O)c2ccccc2)CC1. The van der Waals surface area contributed by atoms with Crippen molar-refractivity contribution in [1.82, 2.24) is 14.9 Å². The lowest BCUT2D eigenvalue weighted by atomic mass is 9.96. The van der Waals surface area contributed by atoms with Gasteiger partial charge in [0, 0.05) is 19.2 Å². The van der Waals surface area contributed by atoms with Crippen molar-refractivity contribution in [2.75, 3.05) is 45.6 Å². The van der Waals surface area contributed by atoms with Gasteiger partial charge in [-0.1, -0.05) is 36.2 Å². The number of likely N-dealkylation sites (tertiary alicyclic amines) is 1. The van der Waals surface area contributed by atoms with Crippen LogP contribution in [0.1, 0.15) is 42.5 Å². The minimum Gasteiger partial charge on any atom is -0.496 e. The highest BCUT2D eigenvalue weighted by Gasteiger charge is 2.21. The number of amides is 1. The summed E-state index contributed by atoms with van der Waals surface area (Å²) in [7, 11) is -1.92. The number of hydrogen-bond donors (Lipinski definition) is 3. The first-order chi connectivity index (χ1) is 16.8. The van der Waals surface area contributed by atoms with E-state index in [1.807, 2.05) is 0 Å². The van der Waals surface area contributed by atoms with E-state index in [0.717, 1.165) is 51.7 Å². The van der Waals surface area contributed by atoms with Crippen LogP contribution in [0.3, 0.4) is 0 Å². The van der Waals surface area contributed by atoms with E-state index in [4.69, 9.17) is 22.1 Å². The van der Waals surface area contributed by atoms with Crippen LogP contribution in [0.5, 0.6) is 5.75 Å². The van der Waals surface area contributed by atoms with E-state index >= 15 is 0 Å². The number of carbonyl (C=O) groups is 1. The van der Waals surface area contributed by atoms with Gasteiger partial charge in [-0.3, -0.25) is 4.79 Å². The third-order valence-electron chi connectivity index (χ3n) is 6.32. The smallest absolute Gasteiger partial charge is 0.255 e. The zero-order valence-electron chi connectivity index (χ0n) is 20.1. The maximum atomic E-state index is 12.6. The van der Waals surface area contributed by atoms with E-state index in [1.165, 1.54) is 7.11 Å². The van der Waals surface area contributed by atoms with Gasteiger partial charge >= 0.3 is 0 Å². The van der Waals surface area contributed by atoms with Gasteiger partial charge in [0.15, 0.2) is 0 Å². The van der Waals surface area contributed by atoms with Crippen molar-refractivity contribution in [1.29, 1.82) is 0 Å². The molecule has 0 spiro atoms. The zero-order chi connectivity index (χ0) is 25.3. The largest absolute Gasteiger partial charge is 0.496 e. The number of nitrogens with two attached hydrogens (primary N) is 1. The van der Waals surface area contributed by atoms with E-state index < -0.39 is 10.0 Å². The number of piperidine rings is 1. The summed E-state index contributed by atoms with van der Waals surface area (Å²) in [4.78, 5) is 15.4. The second kappa shape index (κ2) is 13.1. The number of methoxy groups -OCH3 is 1. The second-order valence-electron chi connectivity index (χ2n) is 8.84. The van der Waals surface area contributed by atoms with Crippen LogP contribution in [0.15, 0.2) is 47.4 Å². The quantitative estimate of drug-likeness (QED) is 0.290. The first-order valence-electron chi connectivity index (χ1n) is 12.0. The molecule has 0 aliphatic carbocycles. The van der Waals surface area contributed by atoms with Gasteiger partial charge in [0.2, 0.25) is 10.0 Å². The molecule has 192 valence electrons. The Morgan fingerprint density at radius 3 is 2.54 bits per heavy atom. The number of nitrogens with zero attached hydrogens (tertiary/aromatic N) is 1. The number of rotatable bonds is 12. The predicted octanol–water partition coefficient (Wildman–Crippen LogP) is 3.52. The monoisotopic (exact) mass is 522 g/mol.